The van der Waals surface area contributed by atoms with Crippen LogP contribution in [-0.4, -0.2) is 21.9 Å². The first-order valence-corrected chi connectivity index (χ1v) is 4.53. The average molecular weight is 170 g/mol. The molecule has 2 heteroatoms. The van der Waals surface area contributed by atoms with Crippen LogP contribution in [0.25, 0.3) is 0 Å². The molecule has 0 spiro atoms. The molecule has 0 aliphatic heterocycles. The highest BCUT2D eigenvalue weighted by Crippen LogP contribution is 2.29. The van der Waals surface area contributed by atoms with Gasteiger partial charge in [-0.3, -0.25) is 0 Å². The van der Waals surface area contributed by atoms with Crippen molar-refractivity contribution in [1.82, 2.24) is 0 Å². The van der Waals surface area contributed by atoms with Crippen LogP contribution in [0.15, 0.2) is 12.2 Å². The summed E-state index contributed by atoms with van der Waals surface area (Å²) in [4.78, 5) is 0. The van der Waals surface area contributed by atoms with Crippen molar-refractivity contribution in [2.24, 2.45) is 11.8 Å². The van der Waals surface area contributed by atoms with E-state index in [0.29, 0.717) is 18.3 Å². The van der Waals surface area contributed by atoms with Gasteiger partial charge in [-0.05, 0) is 25.2 Å². The standard InChI is InChI=1S/C10H18O2/c1-7(2)8-4-5-10(3,12)9(11)6-8/h4-5,7-9,11-12H,6H2,1-3H3/t8-,9-,10+/m0/s1. The van der Waals surface area contributed by atoms with Gasteiger partial charge in [0.05, 0.1) is 6.10 Å². The summed E-state index contributed by atoms with van der Waals surface area (Å²) in [5.74, 6) is 0.937. The van der Waals surface area contributed by atoms with E-state index in [1.807, 2.05) is 6.08 Å². The second kappa shape index (κ2) is 3.19. The molecule has 0 saturated heterocycles. The molecular formula is C10H18O2. The molecule has 0 fully saturated rings. The average Bonchev–Trinajstić information content (AvgIpc) is 1.94. The van der Waals surface area contributed by atoms with Crippen molar-refractivity contribution in [3.63, 3.8) is 0 Å². The fourth-order valence-electron chi connectivity index (χ4n) is 1.50. The molecule has 0 amide bonds. The summed E-state index contributed by atoms with van der Waals surface area (Å²) in [7, 11) is 0. The predicted molar refractivity (Wildman–Crippen MR) is 48.7 cm³/mol. The molecule has 1 rings (SSSR count). The third-order valence-electron chi connectivity index (χ3n) is 2.71. The van der Waals surface area contributed by atoms with Gasteiger partial charge in [-0.15, -0.1) is 0 Å². The number of aliphatic hydroxyl groups is 2. The SMILES string of the molecule is CC(C)[C@H]1C=C[C@@](C)(O)[C@@H](O)C1. The molecule has 1 aliphatic carbocycles. The maximum atomic E-state index is 9.61. The third kappa shape index (κ3) is 1.87. The minimum atomic E-state index is -1.02. The summed E-state index contributed by atoms with van der Waals surface area (Å²) in [6, 6.07) is 0. The van der Waals surface area contributed by atoms with Crippen molar-refractivity contribution in [1.29, 1.82) is 0 Å². The topological polar surface area (TPSA) is 40.5 Å². The number of hydrogen-bond acceptors (Lipinski definition) is 2. The van der Waals surface area contributed by atoms with Gasteiger partial charge in [0.1, 0.15) is 5.60 Å². The molecule has 0 bridgehead atoms. The van der Waals surface area contributed by atoms with E-state index in [-0.39, 0.29) is 0 Å². The predicted octanol–water partition coefficient (Wildman–Crippen LogP) is 1.33. The summed E-state index contributed by atoms with van der Waals surface area (Å²) in [6.45, 7) is 5.90. The Bertz CT molecular complexity index is 182. The van der Waals surface area contributed by atoms with Crippen molar-refractivity contribution in [2.75, 3.05) is 0 Å². The lowest BCUT2D eigenvalue weighted by Gasteiger charge is -2.34. The van der Waals surface area contributed by atoms with Gasteiger partial charge in [0.2, 0.25) is 0 Å². The molecule has 1 aliphatic rings. The minimum Gasteiger partial charge on any atom is -0.390 e. The van der Waals surface area contributed by atoms with E-state index in [2.05, 4.69) is 13.8 Å². The zero-order valence-electron chi connectivity index (χ0n) is 7.99. The maximum absolute atomic E-state index is 9.61. The summed E-state index contributed by atoms with van der Waals surface area (Å²) in [6.07, 6.45) is 3.78. The molecule has 0 aromatic carbocycles. The lowest BCUT2D eigenvalue weighted by Crippen LogP contribution is -2.41. The highest BCUT2D eigenvalue weighted by molar-refractivity contribution is 5.10. The molecule has 3 atom stereocenters. The normalized spacial score (nSPS) is 42.2. The van der Waals surface area contributed by atoms with Gasteiger partial charge in [0.15, 0.2) is 0 Å². The van der Waals surface area contributed by atoms with E-state index >= 15 is 0 Å². The molecular weight excluding hydrogens is 152 g/mol. The van der Waals surface area contributed by atoms with Crippen LogP contribution in [0.1, 0.15) is 27.2 Å². The van der Waals surface area contributed by atoms with Gasteiger partial charge in [-0.1, -0.05) is 26.0 Å². The second-order valence-electron chi connectivity index (χ2n) is 4.24. The molecule has 0 unspecified atom stereocenters. The molecule has 0 saturated carbocycles. The van der Waals surface area contributed by atoms with Gasteiger partial charge in [0, 0.05) is 0 Å². The van der Waals surface area contributed by atoms with Crippen molar-refractivity contribution < 1.29 is 10.2 Å². The van der Waals surface area contributed by atoms with E-state index in [9.17, 15) is 10.2 Å². The van der Waals surface area contributed by atoms with E-state index in [4.69, 9.17) is 0 Å². The smallest absolute Gasteiger partial charge is 0.106 e. The van der Waals surface area contributed by atoms with Crippen LogP contribution in [0.5, 0.6) is 0 Å². The van der Waals surface area contributed by atoms with Crippen molar-refractivity contribution in [3.05, 3.63) is 12.2 Å². The number of hydrogen-bond donors (Lipinski definition) is 2. The lowest BCUT2D eigenvalue weighted by molar-refractivity contribution is -0.0447. The summed E-state index contributed by atoms with van der Waals surface area (Å²) in [5.41, 5.74) is -1.02. The highest BCUT2D eigenvalue weighted by Gasteiger charge is 2.33. The summed E-state index contributed by atoms with van der Waals surface area (Å²) >= 11 is 0. The summed E-state index contributed by atoms with van der Waals surface area (Å²) < 4.78 is 0. The number of aliphatic hydroxyl groups excluding tert-OH is 1. The fraction of sp³-hybridized carbons (Fsp3) is 0.800. The third-order valence-corrected chi connectivity index (χ3v) is 2.71. The highest BCUT2D eigenvalue weighted by atomic mass is 16.3. The van der Waals surface area contributed by atoms with E-state index < -0.39 is 11.7 Å². The Morgan fingerprint density at radius 2 is 2.08 bits per heavy atom. The van der Waals surface area contributed by atoms with Crippen molar-refractivity contribution in [3.8, 4) is 0 Å². The quantitative estimate of drug-likeness (QED) is 0.583. The largest absolute Gasteiger partial charge is 0.390 e. The molecule has 0 aromatic rings. The molecule has 0 heterocycles. The first-order valence-electron chi connectivity index (χ1n) is 4.53. The molecule has 70 valence electrons. The minimum absolute atomic E-state index is 0.403. The Balaban J connectivity index is 2.70. The number of rotatable bonds is 1. The van der Waals surface area contributed by atoms with Crippen molar-refractivity contribution in [2.45, 2.75) is 38.9 Å². The van der Waals surface area contributed by atoms with Crippen LogP contribution < -0.4 is 0 Å². The Labute approximate surface area is 73.9 Å². The second-order valence-corrected chi connectivity index (χ2v) is 4.24. The van der Waals surface area contributed by atoms with Crippen LogP contribution in [0.2, 0.25) is 0 Å². The Hall–Kier alpha value is -0.340. The molecule has 0 radical (unpaired) electrons. The van der Waals surface area contributed by atoms with Crippen LogP contribution in [-0.2, 0) is 0 Å². The van der Waals surface area contributed by atoms with Crippen LogP contribution in [0.4, 0.5) is 0 Å². The first-order chi connectivity index (χ1) is 5.43. The lowest BCUT2D eigenvalue weighted by atomic mass is 9.79. The van der Waals surface area contributed by atoms with Crippen LogP contribution >= 0.6 is 0 Å². The van der Waals surface area contributed by atoms with Gasteiger partial charge in [-0.2, -0.15) is 0 Å². The van der Waals surface area contributed by atoms with Crippen LogP contribution in [0, 0.1) is 11.8 Å². The van der Waals surface area contributed by atoms with Crippen molar-refractivity contribution >= 4 is 0 Å². The summed E-state index contributed by atoms with van der Waals surface area (Å²) in [5, 5.41) is 19.2. The van der Waals surface area contributed by atoms with Gasteiger partial charge < -0.3 is 10.2 Å². The zero-order valence-corrected chi connectivity index (χ0v) is 7.99. The molecule has 12 heavy (non-hydrogen) atoms. The molecule has 2 nitrogen and oxygen atoms in total. The molecule has 0 aromatic heterocycles. The Morgan fingerprint density at radius 3 is 2.50 bits per heavy atom. The molecule has 2 N–H and O–H groups in total. The van der Waals surface area contributed by atoms with Gasteiger partial charge in [-0.25, -0.2) is 0 Å². The first kappa shape index (κ1) is 9.75. The van der Waals surface area contributed by atoms with Crippen LogP contribution in [0.3, 0.4) is 0 Å². The van der Waals surface area contributed by atoms with Gasteiger partial charge >= 0.3 is 0 Å². The fourth-order valence-corrected chi connectivity index (χ4v) is 1.50. The number of allylic oxidation sites excluding steroid dienone is 1. The van der Waals surface area contributed by atoms with E-state index in [1.165, 1.54) is 0 Å². The zero-order chi connectivity index (χ0) is 9.35. The van der Waals surface area contributed by atoms with E-state index in [0.717, 1.165) is 0 Å². The Kier molecular flexibility index (Phi) is 2.59. The van der Waals surface area contributed by atoms with E-state index in [1.54, 1.807) is 13.0 Å². The maximum Gasteiger partial charge on any atom is 0.106 e. The monoisotopic (exact) mass is 170 g/mol. The Morgan fingerprint density at radius 1 is 1.50 bits per heavy atom. The van der Waals surface area contributed by atoms with Gasteiger partial charge in [0.25, 0.3) is 0 Å².